The van der Waals surface area contributed by atoms with E-state index in [4.69, 9.17) is 4.55 Å². The Labute approximate surface area is 108 Å². The summed E-state index contributed by atoms with van der Waals surface area (Å²) in [6.07, 6.45) is 0. The third kappa shape index (κ3) is 3.16. The molecule has 2 aromatic carbocycles. The predicted octanol–water partition coefficient (Wildman–Crippen LogP) is 1.87. The highest BCUT2D eigenvalue weighted by Crippen LogP contribution is 2.17. The first-order valence-corrected chi connectivity index (χ1v) is 7.81. The molecule has 0 radical (unpaired) electrons. The fraction of sp³-hybridized carbons (Fsp3) is 0.0769. The fourth-order valence-electron chi connectivity index (χ4n) is 1.57. The van der Waals surface area contributed by atoms with Gasteiger partial charge in [-0.15, -0.1) is 0 Å². The van der Waals surface area contributed by atoms with Crippen molar-refractivity contribution in [3.8, 4) is 0 Å². The van der Waals surface area contributed by atoms with Crippen LogP contribution in [0.3, 0.4) is 0 Å². The quantitative estimate of drug-likeness (QED) is 0.690. The molecule has 2 aromatic rings. The van der Waals surface area contributed by atoms with Crippen LogP contribution in [0.15, 0.2) is 53.4 Å². The topological polar surface area (TPSA) is 54.4 Å². The second kappa shape index (κ2) is 5.19. The summed E-state index contributed by atoms with van der Waals surface area (Å²) in [4.78, 5) is -0.0495. The van der Waals surface area contributed by atoms with Crippen LogP contribution in [-0.2, 0) is 10.1 Å². The van der Waals surface area contributed by atoms with Gasteiger partial charge >= 0.3 is 0 Å². The molecule has 1 atom stereocenters. The predicted molar refractivity (Wildman–Crippen MR) is 75.0 cm³/mol. The van der Waals surface area contributed by atoms with Crippen LogP contribution in [0.2, 0.25) is 0 Å². The van der Waals surface area contributed by atoms with Crippen LogP contribution in [0, 0.1) is 6.92 Å². The molecular weight excluding hydrogens is 267 g/mol. The van der Waals surface area contributed by atoms with E-state index in [1.54, 1.807) is 6.07 Å². The van der Waals surface area contributed by atoms with Gasteiger partial charge in [0, 0.05) is 0 Å². The minimum atomic E-state index is -4.13. The minimum Gasteiger partial charge on any atom is -0.282 e. The molecule has 0 heterocycles. The van der Waals surface area contributed by atoms with Crippen molar-refractivity contribution in [2.45, 2.75) is 11.8 Å². The molecule has 0 spiro atoms. The highest BCUT2D eigenvalue weighted by Gasteiger charge is 2.11. The molecule has 0 aliphatic rings. The molecule has 0 aliphatic carbocycles. The van der Waals surface area contributed by atoms with Gasteiger partial charge in [0.15, 0.2) is 0 Å². The van der Waals surface area contributed by atoms with E-state index in [1.165, 1.54) is 12.1 Å². The summed E-state index contributed by atoms with van der Waals surface area (Å²) in [6.45, 7) is 1.93. The van der Waals surface area contributed by atoms with E-state index in [2.05, 4.69) is 0 Å². The lowest BCUT2D eigenvalue weighted by Gasteiger charge is -2.07. The third-order valence-corrected chi connectivity index (χ3v) is 4.84. The van der Waals surface area contributed by atoms with Crippen molar-refractivity contribution in [2.24, 2.45) is 0 Å². The lowest BCUT2D eigenvalue weighted by Crippen LogP contribution is -2.09. The molecule has 0 saturated carbocycles. The van der Waals surface area contributed by atoms with Gasteiger partial charge in [0.05, 0.1) is 4.90 Å². The zero-order chi connectivity index (χ0) is 13.2. The summed E-state index contributed by atoms with van der Waals surface area (Å²) in [5.74, 6) is 0. The first-order chi connectivity index (χ1) is 8.47. The summed E-state index contributed by atoms with van der Waals surface area (Å²) in [6, 6.07) is 14.5. The van der Waals surface area contributed by atoms with Crippen molar-refractivity contribution in [1.82, 2.24) is 0 Å². The van der Waals surface area contributed by atoms with Crippen molar-refractivity contribution >= 4 is 29.3 Å². The van der Waals surface area contributed by atoms with Gasteiger partial charge < -0.3 is 0 Å². The Bertz CT molecular complexity index is 651. The maximum Gasteiger partial charge on any atom is 0.294 e. The SMILES string of the molecule is Cc1ccc(S(=O)(=O)O)cc1Pc1ccccc1. The highest BCUT2D eigenvalue weighted by atomic mass is 32.2. The van der Waals surface area contributed by atoms with Gasteiger partial charge in [0.2, 0.25) is 0 Å². The van der Waals surface area contributed by atoms with Crippen LogP contribution in [0.5, 0.6) is 0 Å². The number of aryl methyl sites for hydroxylation is 1. The summed E-state index contributed by atoms with van der Waals surface area (Å²) in [7, 11) is -3.75. The molecule has 0 bridgehead atoms. The molecule has 2 rings (SSSR count). The van der Waals surface area contributed by atoms with E-state index in [-0.39, 0.29) is 4.90 Å². The lowest BCUT2D eigenvalue weighted by atomic mass is 10.2. The largest absolute Gasteiger partial charge is 0.294 e. The van der Waals surface area contributed by atoms with Crippen LogP contribution in [0.4, 0.5) is 0 Å². The Morgan fingerprint density at radius 2 is 1.72 bits per heavy atom. The summed E-state index contributed by atoms with van der Waals surface area (Å²) < 4.78 is 31.3. The molecular formula is C13H13O3PS. The Kier molecular flexibility index (Phi) is 3.81. The van der Waals surface area contributed by atoms with Crippen molar-refractivity contribution in [3.63, 3.8) is 0 Å². The van der Waals surface area contributed by atoms with Crippen LogP contribution < -0.4 is 10.6 Å². The molecule has 0 fully saturated rings. The van der Waals surface area contributed by atoms with Gasteiger partial charge in [-0.2, -0.15) is 8.42 Å². The molecule has 1 N–H and O–H groups in total. The molecule has 5 heteroatoms. The van der Waals surface area contributed by atoms with Gasteiger partial charge in [-0.05, 0) is 35.2 Å². The van der Waals surface area contributed by atoms with E-state index in [9.17, 15) is 8.42 Å². The average molecular weight is 280 g/mol. The van der Waals surface area contributed by atoms with E-state index >= 15 is 0 Å². The number of benzene rings is 2. The van der Waals surface area contributed by atoms with Gasteiger partial charge in [-0.25, -0.2) is 0 Å². The second-order valence-electron chi connectivity index (χ2n) is 3.94. The summed E-state index contributed by atoms with van der Waals surface area (Å²) in [5.41, 5.74) is 1.02. The Hall–Kier alpha value is -1.22. The molecule has 94 valence electrons. The van der Waals surface area contributed by atoms with Gasteiger partial charge in [0.1, 0.15) is 0 Å². The lowest BCUT2D eigenvalue weighted by molar-refractivity contribution is 0.483. The monoisotopic (exact) mass is 280 g/mol. The number of hydrogen-bond acceptors (Lipinski definition) is 2. The summed E-state index contributed by atoms with van der Waals surface area (Å²) in [5, 5.41) is 2.06. The Morgan fingerprint density at radius 1 is 1.06 bits per heavy atom. The Morgan fingerprint density at radius 3 is 2.33 bits per heavy atom. The van der Waals surface area contributed by atoms with Gasteiger partial charge in [-0.3, -0.25) is 4.55 Å². The third-order valence-electron chi connectivity index (χ3n) is 2.56. The molecule has 0 saturated heterocycles. The van der Waals surface area contributed by atoms with Crippen molar-refractivity contribution < 1.29 is 13.0 Å². The second-order valence-corrected chi connectivity index (χ2v) is 6.73. The molecule has 0 aromatic heterocycles. The minimum absolute atomic E-state index is 0.0495. The molecule has 1 unspecified atom stereocenters. The van der Waals surface area contributed by atoms with Crippen molar-refractivity contribution in [3.05, 3.63) is 54.1 Å². The zero-order valence-electron chi connectivity index (χ0n) is 9.79. The maximum absolute atomic E-state index is 11.1. The smallest absolute Gasteiger partial charge is 0.282 e. The van der Waals surface area contributed by atoms with E-state index < -0.39 is 10.1 Å². The van der Waals surface area contributed by atoms with Crippen LogP contribution in [-0.4, -0.2) is 13.0 Å². The van der Waals surface area contributed by atoms with E-state index in [0.29, 0.717) is 8.58 Å². The summed E-state index contributed by atoms with van der Waals surface area (Å²) >= 11 is 0. The molecule has 0 amide bonds. The van der Waals surface area contributed by atoms with Crippen molar-refractivity contribution in [1.29, 1.82) is 0 Å². The van der Waals surface area contributed by atoms with Gasteiger partial charge in [0.25, 0.3) is 10.1 Å². The Balaban J connectivity index is 2.39. The first-order valence-electron chi connectivity index (χ1n) is 5.37. The maximum atomic E-state index is 11.1. The van der Waals surface area contributed by atoms with Crippen LogP contribution >= 0.6 is 8.58 Å². The standard InChI is InChI=1S/C13H13O3PS/c1-10-7-8-12(18(14,15)16)9-13(10)17-11-5-3-2-4-6-11/h2-9,17H,1H3,(H,14,15,16). The van der Waals surface area contributed by atoms with E-state index in [1.807, 2.05) is 37.3 Å². The van der Waals surface area contributed by atoms with E-state index in [0.717, 1.165) is 16.2 Å². The normalized spacial score (nSPS) is 12.1. The van der Waals surface area contributed by atoms with Crippen LogP contribution in [0.1, 0.15) is 5.56 Å². The molecule has 18 heavy (non-hydrogen) atoms. The molecule has 3 nitrogen and oxygen atoms in total. The van der Waals surface area contributed by atoms with Gasteiger partial charge in [-0.1, -0.05) is 45.0 Å². The zero-order valence-corrected chi connectivity index (χ0v) is 11.6. The molecule has 0 aliphatic heterocycles. The van der Waals surface area contributed by atoms with Crippen molar-refractivity contribution in [2.75, 3.05) is 0 Å². The fourth-order valence-corrected chi connectivity index (χ4v) is 3.36. The highest BCUT2D eigenvalue weighted by molar-refractivity contribution is 7.85. The number of hydrogen-bond donors (Lipinski definition) is 1. The first kappa shape index (κ1) is 13.2. The van der Waals surface area contributed by atoms with Crippen LogP contribution in [0.25, 0.3) is 0 Å². The number of rotatable bonds is 3. The average Bonchev–Trinajstić information content (AvgIpc) is 2.32.